The van der Waals surface area contributed by atoms with Gasteiger partial charge in [-0.3, -0.25) is 0 Å². The summed E-state index contributed by atoms with van der Waals surface area (Å²) in [5, 5.41) is 11.8. The van der Waals surface area contributed by atoms with Gasteiger partial charge in [0.2, 0.25) is 0 Å². The van der Waals surface area contributed by atoms with Gasteiger partial charge in [0.1, 0.15) is 17.1 Å². The van der Waals surface area contributed by atoms with Crippen LogP contribution in [0.25, 0.3) is 11.4 Å². The molecule has 0 unspecified atom stereocenters. The minimum Gasteiger partial charge on any atom is -0.496 e. The molecule has 0 aliphatic heterocycles. The van der Waals surface area contributed by atoms with Crippen LogP contribution < -0.4 is 10.1 Å². The van der Waals surface area contributed by atoms with Gasteiger partial charge in [-0.2, -0.15) is 0 Å². The summed E-state index contributed by atoms with van der Waals surface area (Å²) in [7, 11) is 3.16. The fraction of sp³-hybridized carbons (Fsp3) is 0.154. The minimum absolute atomic E-state index is 0.0187. The molecule has 7 heteroatoms. The van der Waals surface area contributed by atoms with Gasteiger partial charge >= 0.3 is 5.97 Å². The second-order valence-electron chi connectivity index (χ2n) is 3.86. The highest BCUT2D eigenvalue weighted by Gasteiger charge is 2.15. The van der Waals surface area contributed by atoms with Crippen molar-refractivity contribution in [3.63, 3.8) is 0 Å². The summed E-state index contributed by atoms with van der Waals surface area (Å²) in [5.41, 5.74) is 0.695. The Balaban J connectivity index is 2.59. The zero-order valence-electron chi connectivity index (χ0n) is 10.8. The highest BCUT2D eigenvalue weighted by Crippen LogP contribution is 2.31. The van der Waals surface area contributed by atoms with Crippen molar-refractivity contribution >= 4 is 27.7 Å². The summed E-state index contributed by atoms with van der Waals surface area (Å²) in [6, 6.07) is 5.44. The third-order valence-corrected chi connectivity index (χ3v) is 3.15. The Morgan fingerprint density at radius 2 is 2.20 bits per heavy atom. The normalized spacial score (nSPS) is 10.2. The number of hydrogen-bond acceptors (Lipinski definition) is 5. The predicted octanol–water partition coefficient (Wildman–Crippen LogP) is 2.65. The quantitative estimate of drug-likeness (QED) is 0.892. The molecule has 1 aromatic heterocycles. The highest BCUT2D eigenvalue weighted by atomic mass is 79.9. The van der Waals surface area contributed by atoms with Crippen LogP contribution in [0, 0.1) is 0 Å². The number of methoxy groups -OCH3 is 1. The maximum absolute atomic E-state index is 11.1. The summed E-state index contributed by atoms with van der Waals surface area (Å²) >= 11 is 3.38. The van der Waals surface area contributed by atoms with Crippen LogP contribution in [0.15, 0.2) is 28.9 Å². The Labute approximate surface area is 124 Å². The molecule has 0 spiro atoms. The van der Waals surface area contributed by atoms with Crippen molar-refractivity contribution in [3.05, 3.63) is 34.4 Å². The summed E-state index contributed by atoms with van der Waals surface area (Å²) in [4.78, 5) is 19.4. The summed E-state index contributed by atoms with van der Waals surface area (Å²) in [6.45, 7) is 0. The molecule has 2 rings (SSSR count). The number of nitrogens with zero attached hydrogens (tertiary/aromatic N) is 2. The standard InChI is InChI=1S/C13H12BrN3O3/c1-15-11-9(13(18)19)6-16-12(17-11)8-5-7(14)3-4-10(8)20-2/h3-6H,1-2H3,(H,18,19)(H,15,16,17). The van der Waals surface area contributed by atoms with Crippen molar-refractivity contribution in [1.82, 2.24) is 9.97 Å². The van der Waals surface area contributed by atoms with Crippen LogP contribution in [0.5, 0.6) is 5.75 Å². The molecule has 0 atom stereocenters. The number of halogens is 1. The van der Waals surface area contributed by atoms with Gasteiger partial charge in [0, 0.05) is 17.7 Å². The third kappa shape index (κ3) is 2.72. The van der Waals surface area contributed by atoms with Crippen LogP contribution in [-0.2, 0) is 0 Å². The smallest absolute Gasteiger partial charge is 0.341 e. The number of hydrogen-bond donors (Lipinski definition) is 2. The Kier molecular flexibility index (Phi) is 4.19. The first-order valence-corrected chi connectivity index (χ1v) is 6.48. The first kappa shape index (κ1) is 14.3. The van der Waals surface area contributed by atoms with E-state index in [0.717, 1.165) is 4.47 Å². The molecule has 1 heterocycles. The molecule has 0 saturated carbocycles. The second-order valence-corrected chi connectivity index (χ2v) is 4.77. The lowest BCUT2D eigenvalue weighted by molar-refractivity contribution is 0.0697. The van der Waals surface area contributed by atoms with E-state index >= 15 is 0 Å². The molecule has 104 valence electrons. The fourth-order valence-electron chi connectivity index (χ4n) is 1.71. The van der Waals surface area contributed by atoms with Crippen molar-refractivity contribution in [2.24, 2.45) is 0 Å². The molecule has 2 aromatic rings. The van der Waals surface area contributed by atoms with E-state index < -0.39 is 5.97 Å². The first-order valence-electron chi connectivity index (χ1n) is 5.68. The largest absolute Gasteiger partial charge is 0.496 e. The predicted molar refractivity (Wildman–Crippen MR) is 78.2 cm³/mol. The van der Waals surface area contributed by atoms with Crippen molar-refractivity contribution in [2.75, 3.05) is 19.5 Å². The molecule has 2 N–H and O–H groups in total. The molecule has 0 bridgehead atoms. The van der Waals surface area contributed by atoms with Crippen molar-refractivity contribution < 1.29 is 14.6 Å². The van der Waals surface area contributed by atoms with E-state index in [-0.39, 0.29) is 11.4 Å². The molecule has 6 nitrogen and oxygen atoms in total. The Hall–Kier alpha value is -2.15. The minimum atomic E-state index is -1.08. The number of carboxylic acids is 1. The van der Waals surface area contributed by atoms with E-state index in [9.17, 15) is 4.79 Å². The topological polar surface area (TPSA) is 84.3 Å². The first-order chi connectivity index (χ1) is 9.56. The molecule has 0 radical (unpaired) electrons. The molecule has 0 saturated heterocycles. The van der Waals surface area contributed by atoms with Gasteiger partial charge in [0.25, 0.3) is 0 Å². The van der Waals surface area contributed by atoms with Gasteiger partial charge in [0.05, 0.1) is 12.7 Å². The average Bonchev–Trinajstić information content (AvgIpc) is 2.46. The SMILES string of the molecule is CNc1nc(-c2cc(Br)ccc2OC)ncc1C(=O)O. The van der Waals surface area contributed by atoms with E-state index in [2.05, 4.69) is 31.2 Å². The molecule has 20 heavy (non-hydrogen) atoms. The van der Waals surface area contributed by atoms with Gasteiger partial charge in [-0.1, -0.05) is 15.9 Å². The molecule has 0 aliphatic carbocycles. The zero-order valence-corrected chi connectivity index (χ0v) is 12.4. The van der Waals surface area contributed by atoms with Crippen LogP contribution in [0.3, 0.4) is 0 Å². The van der Waals surface area contributed by atoms with Crippen molar-refractivity contribution in [2.45, 2.75) is 0 Å². The molecule has 0 aliphatic rings. The lowest BCUT2D eigenvalue weighted by Gasteiger charge is -2.10. The van der Waals surface area contributed by atoms with Gasteiger partial charge in [-0.15, -0.1) is 0 Å². The number of carboxylic acid groups (broad SMARTS) is 1. The lowest BCUT2D eigenvalue weighted by Crippen LogP contribution is -2.07. The molecular weight excluding hydrogens is 326 g/mol. The number of aromatic carboxylic acids is 1. The third-order valence-electron chi connectivity index (χ3n) is 2.66. The Morgan fingerprint density at radius 3 is 2.80 bits per heavy atom. The Bertz CT molecular complexity index is 661. The van der Waals surface area contributed by atoms with E-state index in [1.165, 1.54) is 6.20 Å². The molecule has 1 aromatic carbocycles. The number of benzene rings is 1. The molecule has 0 fully saturated rings. The van der Waals surface area contributed by atoms with E-state index in [1.807, 2.05) is 12.1 Å². The van der Waals surface area contributed by atoms with Gasteiger partial charge in [-0.05, 0) is 18.2 Å². The van der Waals surface area contributed by atoms with Crippen LogP contribution in [-0.4, -0.2) is 35.2 Å². The lowest BCUT2D eigenvalue weighted by atomic mass is 10.2. The van der Waals surface area contributed by atoms with E-state index in [4.69, 9.17) is 9.84 Å². The van der Waals surface area contributed by atoms with Crippen LogP contribution in [0.1, 0.15) is 10.4 Å². The number of carbonyl (C=O) groups is 1. The number of ether oxygens (including phenoxy) is 1. The zero-order chi connectivity index (χ0) is 14.7. The summed E-state index contributed by atoms with van der Waals surface area (Å²) in [6.07, 6.45) is 1.27. The van der Waals surface area contributed by atoms with Crippen molar-refractivity contribution in [3.8, 4) is 17.1 Å². The van der Waals surface area contributed by atoms with E-state index in [1.54, 1.807) is 20.2 Å². The van der Waals surface area contributed by atoms with Crippen LogP contribution in [0.2, 0.25) is 0 Å². The van der Waals surface area contributed by atoms with Gasteiger partial charge in [-0.25, -0.2) is 14.8 Å². The average molecular weight is 338 g/mol. The summed E-state index contributed by atoms with van der Waals surface area (Å²) < 4.78 is 6.12. The van der Waals surface area contributed by atoms with Crippen LogP contribution in [0.4, 0.5) is 5.82 Å². The van der Waals surface area contributed by atoms with Crippen LogP contribution >= 0.6 is 15.9 Å². The van der Waals surface area contributed by atoms with Crippen molar-refractivity contribution in [1.29, 1.82) is 0 Å². The Morgan fingerprint density at radius 1 is 1.45 bits per heavy atom. The number of anilines is 1. The van der Waals surface area contributed by atoms with Gasteiger partial charge < -0.3 is 15.2 Å². The maximum Gasteiger partial charge on any atom is 0.341 e. The molecule has 0 amide bonds. The number of nitrogens with one attached hydrogen (secondary N) is 1. The highest BCUT2D eigenvalue weighted by molar-refractivity contribution is 9.10. The summed E-state index contributed by atoms with van der Waals surface area (Å²) in [5.74, 6) is 0.169. The molecular formula is C13H12BrN3O3. The monoisotopic (exact) mass is 337 g/mol. The fourth-order valence-corrected chi connectivity index (χ4v) is 2.07. The maximum atomic E-state index is 11.1. The van der Waals surface area contributed by atoms with Gasteiger partial charge in [0.15, 0.2) is 5.82 Å². The number of aromatic nitrogens is 2. The number of rotatable bonds is 4. The van der Waals surface area contributed by atoms with E-state index in [0.29, 0.717) is 17.1 Å². The second kappa shape index (κ2) is 5.87.